The van der Waals surface area contributed by atoms with Crippen LogP contribution in [0, 0.1) is 0 Å². The summed E-state index contributed by atoms with van der Waals surface area (Å²) in [4.78, 5) is 4.35. The molecule has 4 nitrogen and oxygen atoms in total. The highest BCUT2D eigenvalue weighted by Gasteiger charge is 2.08. The third-order valence-electron chi connectivity index (χ3n) is 2.73. The van der Waals surface area contributed by atoms with E-state index in [0.29, 0.717) is 12.3 Å². The number of ether oxygens (including phenoxy) is 2. The van der Waals surface area contributed by atoms with Crippen molar-refractivity contribution < 1.29 is 9.47 Å². The van der Waals surface area contributed by atoms with E-state index in [-0.39, 0.29) is 0 Å². The first-order valence-electron chi connectivity index (χ1n) is 5.50. The fourth-order valence-electron chi connectivity index (χ4n) is 1.90. The summed E-state index contributed by atoms with van der Waals surface area (Å²) in [5, 5.41) is 2.15. The molecule has 0 fully saturated rings. The van der Waals surface area contributed by atoms with Crippen molar-refractivity contribution in [1.29, 1.82) is 0 Å². The molecule has 2 rings (SSSR count). The summed E-state index contributed by atoms with van der Waals surface area (Å²) in [5.41, 5.74) is 6.57. The van der Waals surface area contributed by atoms with Gasteiger partial charge in [0.15, 0.2) is 11.5 Å². The third kappa shape index (κ3) is 2.17. The zero-order chi connectivity index (χ0) is 12.3. The van der Waals surface area contributed by atoms with Gasteiger partial charge in [-0.25, -0.2) is 0 Å². The Balaban J connectivity index is 2.64. The maximum absolute atomic E-state index is 5.58. The molecule has 0 aliphatic heterocycles. The molecule has 0 spiro atoms. The molecule has 1 heterocycles. The molecule has 1 aromatic heterocycles. The highest BCUT2D eigenvalue weighted by Crippen LogP contribution is 2.32. The van der Waals surface area contributed by atoms with Gasteiger partial charge in [0.05, 0.1) is 14.2 Å². The monoisotopic (exact) mass is 232 g/mol. The quantitative estimate of drug-likeness (QED) is 0.872. The zero-order valence-electron chi connectivity index (χ0n) is 10.1. The minimum Gasteiger partial charge on any atom is -0.493 e. The number of methoxy groups -OCH3 is 2. The first-order valence-corrected chi connectivity index (χ1v) is 5.50. The van der Waals surface area contributed by atoms with Gasteiger partial charge >= 0.3 is 0 Å². The van der Waals surface area contributed by atoms with Gasteiger partial charge in [0.1, 0.15) is 0 Å². The van der Waals surface area contributed by atoms with Gasteiger partial charge in [-0.2, -0.15) is 0 Å². The summed E-state index contributed by atoms with van der Waals surface area (Å²) in [6.07, 6.45) is 2.55. The van der Waals surface area contributed by atoms with Crippen LogP contribution in [0.25, 0.3) is 10.8 Å². The minimum atomic E-state index is 0.584. The number of fused-ring (bicyclic) bond motifs is 1. The smallest absolute Gasteiger partial charge is 0.161 e. The number of pyridine rings is 1. The lowest BCUT2D eigenvalue weighted by atomic mass is 10.1. The summed E-state index contributed by atoms with van der Waals surface area (Å²) >= 11 is 0. The minimum absolute atomic E-state index is 0.584. The third-order valence-corrected chi connectivity index (χ3v) is 2.73. The Hall–Kier alpha value is -1.81. The molecule has 17 heavy (non-hydrogen) atoms. The molecule has 0 amide bonds. The number of hydrogen-bond donors (Lipinski definition) is 1. The van der Waals surface area contributed by atoms with Crippen LogP contribution in [0.2, 0.25) is 0 Å². The average Bonchev–Trinajstić information content (AvgIpc) is 2.38. The molecule has 1 aromatic carbocycles. The summed E-state index contributed by atoms with van der Waals surface area (Å²) in [6.45, 7) is 0.584. The van der Waals surface area contributed by atoms with E-state index in [0.717, 1.165) is 28.6 Å². The van der Waals surface area contributed by atoms with E-state index in [4.69, 9.17) is 15.2 Å². The Morgan fingerprint density at radius 2 is 1.88 bits per heavy atom. The van der Waals surface area contributed by atoms with E-state index < -0.39 is 0 Å². The van der Waals surface area contributed by atoms with Crippen molar-refractivity contribution in [2.75, 3.05) is 20.8 Å². The van der Waals surface area contributed by atoms with Gasteiger partial charge in [-0.1, -0.05) is 0 Å². The molecule has 0 aliphatic rings. The fourth-order valence-corrected chi connectivity index (χ4v) is 1.90. The molecule has 0 saturated heterocycles. The number of nitrogens with two attached hydrogens (primary N) is 1. The Bertz CT molecular complexity index is 526. The number of nitrogens with zero attached hydrogens (tertiary/aromatic N) is 1. The second kappa shape index (κ2) is 5.01. The lowest BCUT2D eigenvalue weighted by Gasteiger charge is -2.11. The Morgan fingerprint density at radius 1 is 1.18 bits per heavy atom. The molecule has 0 unspecified atom stereocenters. The standard InChI is InChI=1S/C13H16N2O2/c1-16-12-7-9-4-6-15-11(3-5-14)10(9)8-13(12)17-2/h4,6-8H,3,5,14H2,1-2H3. The highest BCUT2D eigenvalue weighted by atomic mass is 16.5. The molecule has 0 atom stereocenters. The van der Waals surface area contributed by atoms with E-state index in [1.165, 1.54) is 0 Å². The highest BCUT2D eigenvalue weighted by molar-refractivity contribution is 5.87. The molecule has 2 aromatic rings. The van der Waals surface area contributed by atoms with Crippen molar-refractivity contribution >= 4 is 10.8 Å². The molecule has 0 saturated carbocycles. The van der Waals surface area contributed by atoms with E-state index in [1.54, 1.807) is 20.4 Å². The second-order valence-corrected chi connectivity index (χ2v) is 3.72. The van der Waals surface area contributed by atoms with Crippen molar-refractivity contribution in [2.45, 2.75) is 6.42 Å². The molecule has 0 bridgehead atoms. The molecule has 0 aliphatic carbocycles. The van der Waals surface area contributed by atoms with Crippen LogP contribution in [-0.2, 0) is 6.42 Å². The van der Waals surface area contributed by atoms with E-state index in [1.807, 2.05) is 18.2 Å². The van der Waals surface area contributed by atoms with E-state index >= 15 is 0 Å². The first kappa shape index (κ1) is 11.7. The van der Waals surface area contributed by atoms with Crippen molar-refractivity contribution in [3.8, 4) is 11.5 Å². The number of benzene rings is 1. The van der Waals surface area contributed by atoms with Crippen LogP contribution in [-0.4, -0.2) is 25.7 Å². The van der Waals surface area contributed by atoms with Gasteiger partial charge in [0.2, 0.25) is 0 Å². The van der Waals surface area contributed by atoms with Gasteiger partial charge in [0, 0.05) is 23.7 Å². The maximum atomic E-state index is 5.58. The number of rotatable bonds is 4. The molecular formula is C13H16N2O2. The van der Waals surface area contributed by atoms with Crippen molar-refractivity contribution in [2.24, 2.45) is 5.73 Å². The van der Waals surface area contributed by atoms with Gasteiger partial charge < -0.3 is 15.2 Å². The number of aromatic nitrogens is 1. The second-order valence-electron chi connectivity index (χ2n) is 3.72. The van der Waals surface area contributed by atoms with Crippen LogP contribution in [0.15, 0.2) is 24.4 Å². The van der Waals surface area contributed by atoms with Crippen LogP contribution in [0.5, 0.6) is 11.5 Å². The van der Waals surface area contributed by atoms with Crippen LogP contribution in [0.1, 0.15) is 5.69 Å². The van der Waals surface area contributed by atoms with Gasteiger partial charge in [0.25, 0.3) is 0 Å². The van der Waals surface area contributed by atoms with Gasteiger partial charge in [-0.15, -0.1) is 0 Å². The molecule has 2 N–H and O–H groups in total. The molecule has 90 valence electrons. The summed E-state index contributed by atoms with van der Waals surface area (Å²) in [5.74, 6) is 1.44. The summed E-state index contributed by atoms with van der Waals surface area (Å²) in [7, 11) is 3.26. The fraction of sp³-hybridized carbons (Fsp3) is 0.308. The van der Waals surface area contributed by atoms with Crippen LogP contribution in [0.4, 0.5) is 0 Å². The predicted molar refractivity (Wildman–Crippen MR) is 67.6 cm³/mol. The predicted octanol–water partition coefficient (Wildman–Crippen LogP) is 1.75. The molecule has 0 radical (unpaired) electrons. The van der Waals surface area contributed by atoms with Crippen LogP contribution >= 0.6 is 0 Å². The van der Waals surface area contributed by atoms with Gasteiger partial charge in [-0.05, 0) is 30.1 Å². The molecule has 4 heteroatoms. The topological polar surface area (TPSA) is 57.4 Å². The van der Waals surface area contributed by atoms with Crippen molar-refractivity contribution in [1.82, 2.24) is 4.98 Å². The Labute approximate surface area is 100 Å². The Morgan fingerprint density at radius 3 is 2.53 bits per heavy atom. The number of hydrogen-bond acceptors (Lipinski definition) is 4. The van der Waals surface area contributed by atoms with E-state index in [2.05, 4.69) is 4.98 Å². The molecular weight excluding hydrogens is 216 g/mol. The largest absolute Gasteiger partial charge is 0.493 e. The van der Waals surface area contributed by atoms with E-state index in [9.17, 15) is 0 Å². The Kier molecular flexibility index (Phi) is 3.44. The lowest BCUT2D eigenvalue weighted by molar-refractivity contribution is 0.356. The maximum Gasteiger partial charge on any atom is 0.161 e. The summed E-state index contributed by atoms with van der Waals surface area (Å²) in [6, 6.07) is 5.86. The normalized spacial score (nSPS) is 10.5. The summed E-state index contributed by atoms with van der Waals surface area (Å²) < 4.78 is 10.6. The first-order chi connectivity index (χ1) is 8.30. The van der Waals surface area contributed by atoms with Gasteiger partial charge in [-0.3, -0.25) is 4.98 Å². The van der Waals surface area contributed by atoms with Crippen LogP contribution < -0.4 is 15.2 Å². The van der Waals surface area contributed by atoms with Crippen molar-refractivity contribution in [3.05, 3.63) is 30.1 Å². The van der Waals surface area contributed by atoms with Crippen molar-refractivity contribution in [3.63, 3.8) is 0 Å². The van der Waals surface area contributed by atoms with Crippen LogP contribution in [0.3, 0.4) is 0 Å². The SMILES string of the molecule is COc1cc2ccnc(CCN)c2cc1OC. The average molecular weight is 232 g/mol. The zero-order valence-corrected chi connectivity index (χ0v) is 10.1. The lowest BCUT2D eigenvalue weighted by Crippen LogP contribution is -2.05.